The van der Waals surface area contributed by atoms with Gasteiger partial charge in [-0.25, -0.2) is 9.78 Å². The van der Waals surface area contributed by atoms with Crippen LogP contribution in [0.25, 0.3) is 0 Å². The molecule has 2 heterocycles. The summed E-state index contributed by atoms with van der Waals surface area (Å²) in [5.74, 6) is 0.0135. The van der Waals surface area contributed by atoms with Gasteiger partial charge in [-0.2, -0.15) is 0 Å². The van der Waals surface area contributed by atoms with Crippen LogP contribution >= 0.6 is 33.9 Å². The van der Waals surface area contributed by atoms with Gasteiger partial charge in [0.05, 0.1) is 18.2 Å². The third-order valence-electron chi connectivity index (χ3n) is 3.73. The average molecular weight is 410 g/mol. The zero-order valence-corrected chi connectivity index (χ0v) is 13.7. The fourth-order valence-electron chi connectivity index (χ4n) is 2.76. The summed E-state index contributed by atoms with van der Waals surface area (Å²) in [7, 11) is 0. The number of thiazole rings is 1. The van der Waals surface area contributed by atoms with Crippen LogP contribution in [0.5, 0.6) is 0 Å². The van der Waals surface area contributed by atoms with Crippen molar-refractivity contribution < 1.29 is 19.4 Å². The molecule has 0 bridgehead atoms. The first-order valence-electron chi connectivity index (χ1n) is 6.52. The zero-order valence-electron chi connectivity index (χ0n) is 10.7. The first kappa shape index (κ1) is 14.5. The summed E-state index contributed by atoms with van der Waals surface area (Å²) in [6.45, 7) is 1.37. The molecule has 1 saturated heterocycles. The first-order valence-corrected chi connectivity index (χ1v) is 8.42. The highest BCUT2D eigenvalue weighted by molar-refractivity contribution is 14.1. The van der Waals surface area contributed by atoms with Crippen molar-refractivity contribution in [3.63, 3.8) is 0 Å². The van der Waals surface area contributed by atoms with Crippen LogP contribution in [-0.2, 0) is 9.47 Å². The van der Waals surface area contributed by atoms with Crippen LogP contribution in [0.2, 0.25) is 0 Å². The van der Waals surface area contributed by atoms with Crippen molar-refractivity contribution in [1.29, 1.82) is 0 Å². The number of hydrogen-bond acceptors (Lipinski definition) is 5. The lowest BCUT2D eigenvalue weighted by Crippen LogP contribution is -2.34. The number of halogens is 1. The minimum absolute atomic E-state index is 0.358. The monoisotopic (exact) mass is 410 g/mol. The Balaban J connectivity index is 1.67. The Morgan fingerprint density at radius 3 is 2.65 bits per heavy atom. The van der Waals surface area contributed by atoms with Crippen LogP contribution in [0.4, 0.5) is 9.80 Å². The van der Waals surface area contributed by atoms with Gasteiger partial charge in [0.1, 0.15) is 8.70 Å². The van der Waals surface area contributed by atoms with E-state index in [9.17, 15) is 4.79 Å². The van der Waals surface area contributed by atoms with Crippen LogP contribution in [0, 0.1) is 3.70 Å². The first-order chi connectivity index (χ1) is 9.58. The molecule has 2 aliphatic rings. The van der Waals surface area contributed by atoms with Crippen molar-refractivity contribution in [2.75, 3.05) is 18.5 Å². The number of hydrogen-bond donors (Lipinski definition) is 2. The second kappa shape index (κ2) is 5.74. The molecule has 2 fully saturated rings. The highest BCUT2D eigenvalue weighted by atomic mass is 127. The molecule has 1 aromatic heterocycles. The van der Waals surface area contributed by atoms with Gasteiger partial charge in [-0.05, 0) is 35.4 Å². The number of anilines is 1. The lowest BCUT2D eigenvalue weighted by atomic mass is 9.85. The van der Waals surface area contributed by atoms with Gasteiger partial charge < -0.3 is 14.6 Å². The van der Waals surface area contributed by atoms with E-state index in [4.69, 9.17) is 14.6 Å². The molecule has 3 rings (SSSR count). The molecule has 1 saturated carbocycles. The van der Waals surface area contributed by atoms with E-state index in [1.54, 1.807) is 0 Å². The maximum atomic E-state index is 10.7. The molecule has 1 spiro atoms. The maximum Gasteiger partial charge on any atom is 0.409 e. The van der Waals surface area contributed by atoms with Crippen LogP contribution in [0.3, 0.4) is 0 Å². The van der Waals surface area contributed by atoms with Crippen LogP contribution in [0.1, 0.15) is 36.6 Å². The average Bonchev–Trinajstić information content (AvgIpc) is 2.99. The van der Waals surface area contributed by atoms with Gasteiger partial charge in [0, 0.05) is 18.8 Å². The van der Waals surface area contributed by atoms with Crippen molar-refractivity contribution >= 4 is 45.0 Å². The van der Waals surface area contributed by atoms with Crippen LogP contribution in [0.15, 0.2) is 0 Å². The number of nitrogens with zero attached hydrogens (tertiary/aromatic N) is 1. The summed E-state index contributed by atoms with van der Waals surface area (Å²) in [5.41, 5.74) is 0. The molecular weight excluding hydrogens is 395 g/mol. The fourth-order valence-corrected chi connectivity index (χ4v) is 4.66. The molecule has 0 unspecified atom stereocenters. The molecule has 0 radical (unpaired) electrons. The number of nitrogens with one attached hydrogen (secondary N) is 1. The van der Waals surface area contributed by atoms with Gasteiger partial charge in [0.15, 0.2) is 5.79 Å². The van der Waals surface area contributed by atoms with Gasteiger partial charge in [-0.15, -0.1) is 0 Å². The number of rotatable bonds is 2. The fraction of sp³-hybridized carbons (Fsp3) is 0.667. The molecule has 1 amide bonds. The molecule has 20 heavy (non-hydrogen) atoms. The summed E-state index contributed by atoms with van der Waals surface area (Å²) < 4.78 is 12.2. The van der Waals surface area contributed by atoms with E-state index in [0.717, 1.165) is 34.4 Å². The van der Waals surface area contributed by atoms with Crippen molar-refractivity contribution in [1.82, 2.24) is 4.98 Å². The summed E-state index contributed by atoms with van der Waals surface area (Å²) in [4.78, 5) is 15.2. The van der Waals surface area contributed by atoms with E-state index in [0.29, 0.717) is 24.1 Å². The summed E-state index contributed by atoms with van der Waals surface area (Å²) >= 11 is 3.50. The van der Waals surface area contributed by atoms with Crippen molar-refractivity contribution in [3.8, 4) is 0 Å². The Hall–Kier alpha value is -0.450. The highest BCUT2D eigenvalue weighted by Crippen LogP contribution is 2.44. The van der Waals surface area contributed by atoms with Gasteiger partial charge in [-0.1, -0.05) is 11.3 Å². The summed E-state index contributed by atoms with van der Waals surface area (Å²) in [5, 5.41) is 12.8. The Morgan fingerprint density at radius 1 is 1.40 bits per heavy atom. The Bertz CT molecular complexity index is 506. The van der Waals surface area contributed by atoms with Crippen LogP contribution < -0.4 is 5.32 Å². The van der Waals surface area contributed by atoms with Gasteiger partial charge in [-0.3, -0.25) is 5.32 Å². The number of carbonyl (C=O) groups is 1. The lowest BCUT2D eigenvalue weighted by molar-refractivity contribution is -0.178. The number of carboxylic acid groups (broad SMARTS) is 1. The molecule has 1 aromatic rings. The third kappa shape index (κ3) is 2.92. The van der Waals surface area contributed by atoms with E-state index in [-0.39, 0.29) is 5.79 Å². The number of amides is 1. The van der Waals surface area contributed by atoms with Gasteiger partial charge >= 0.3 is 6.09 Å². The third-order valence-corrected chi connectivity index (χ3v) is 6.01. The van der Waals surface area contributed by atoms with Crippen molar-refractivity contribution in [3.05, 3.63) is 8.71 Å². The predicted octanol–water partition coefficient (Wildman–Crippen LogP) is 3.24. The molecule has 8 heteroatoms. The van der Waals surface area contributed by atoms with Crippen molar-refractivity contribution in [2.24, 2.45) is 0 Å². The molecule has 0 atom stereocenters. The molecule has 1 aliphatic carbocycles. The Kier molecular flexibility index (Phi) is 4.16. The van der Waals surface area contributed by atoms with E-state index in [1.807, 2.05) is 0 Å². The minimum atomic E-state index is -1.05. The molecule has 6 nitrogen and oxygen atoms in total. The topological polar surface area (TPSA) is 80.7 Å². The number of aromatic nitrogens is 1. The standard InChI is InChI=1S/C12H15IN2O4S/c13-8-10(15-11(16)17)20-9(14-8)7-1-3-12(4-2-7)18-5-6-19-12/h7,15H,1-6H2,(H,16,17). The largest absolute Gasteiger partial charge is 0.465 e. The zero-order chi connectivity index (χ0) is 14.2. The van der Waals surface area contributed by atoms with E-state index < -0.39 is 6.09 Å². The van der Waals surface area contributed by atoms with Crippen molar-refractivity contribution in [2.45, 2.75) is 37.4 Å². The Morgan fingerprint density at radius 2 is 2.05 bits per heavy atom. The number of ether oxygens (including phenoxy) is 2. The summed E-state index contributed by atoms with van der Waals surface area (Å²) in [6.07, 6.45) is 2.66. The smallest absolute Gasteiger partial charge is 0.409 e. The highest BCUT2D eigenvalue weighted by Gasteiger charge is 2.41. The molecule has 110 valence electrons. The molecule has 2 N–H and O–H groups in total. The van der Waals surface area contributed by atoms with E-state index in [1.165, 1.54) is 11.3 Å². The quantitative estimate of drug-likeness (QED) is 0.732. The predicted molar refractivity (Wildman–Crippen MR) is 82.3 cm³/mol. The normalized spacial score (nSPS) is 22.2. The SMILES string of the molecule is O=C(O)Nc1sc(C2CCC3(CC2)OCCO3)nc1I. The second-order valence-electron chi connectivity index (χ2n) is 4.98. The van der Waals surface area contributed by atoms with Crippen LogP contribution in [-0.4, -0.2) is 35.2 Å². The Labute approximate surface area is 134 Å². The van der Waals surface area contributed by atoms with E-state index in [2.05, 4.69) is 32.9 Å². The second-order valence-corrected chi connectivity index (χ2v) is 7.04. The van der Waals surface area contributed by atoms with Gasteiger partial charge in [0.2, 0.25) is 0 Å². The molecule has 1 aliphatic heterocycles. The minimum Gasteiger partial charge on any atom is -0.465 e. The van der Waals surface area contributed by atoms with E-state index >= 15 is 0 Å². The molecular formula is C12H15IN2O4S. The molecule has 0 aromatic carbocycles. The lowest BCUT2D eigenvalue weighted by Gasteiger charge is -2.34. The summed E-state index contributed by atoms with van der Waals surface area (Å²) in [6, 6.07) is 0. The maximum absolute atomic E-state index is 10.7. The van der Waals surface area contributed by atoms with Gasteiger partial charge in [0.25, 0.3) is 0 Å².